The third-order valence-corrected chi connectivity index (χ3v) is 3.50. The van der Waals surface area contributed by atoms with E-state index in [0.29, 0.717) is 22.8 Å². The molecular weight excluding hydrogens is 311 g/mol. The Labute approximate surface area is 137 Å². The second-order valence-electron chi connectivity index (χ2n) is 5.60. The molecule has 0 unspecified atom stereocenters. The van der Waals surface area contributed by atoms with E-state index in [2.05, 4.69) is 15.2 Å². The van der Waals surface area contributed by atoms with Gasteiger partial charge in [-0.1, -0.05) is 13.8 Å². The van der Waals surface area contributed by atoms with Gasteiger partial charge in [0.15, 0.2) is 5.82 Å². The van der Waals surface area contributed by atoms with E-state index in [0.717, 1.165) is 0 Å². The summed E-state index contributed by atoms with van der Waals surface area (Å²) in [7, 11) is 0. The van der Waals surface area contributed by atoms with Crippen molar-refractivity contribution in [2.45, 2.75) is 19.8 Å². The minimum Gasteiger partial charge on any atom is -0.478 e. The Kier molecular flexibility index (Phi) is 4.07. The van der Waals surface area contributed by atoms with E-state index in [-0.39, 0.29) is 11.5 Å². The van der Waals surface area contributed by atoms with Gasteiger partial charge < -0.3 is 5.11 Å². The number of benzene rings is 1. The van der Waals surface area contributed by atoms with Crippen molar-refractivity contribution in [2.24, 2.45) is 10.2 Å². The van der Waals surface area contributed by atoms with Crippen molar-refractivity contribution in [2.75, 3.05) is 0 Å². The minimum atomic E-state index is -1.00. The number of nitrogens with zero attached hydrogens (tertiary/aromatic N) is 4. The zero-order valence-corrected chi connectivity index (χ0v) is 13.1. The minimum absolute atomic E-state index is 0.0938. The molecule has 0 aliphatic rings. The Balaban J connectivity index is 2.03. The molecule has 7 heteroatoms. The molecule has 1 aromatic carbocycles. The van der Waals surface area contributed by atoms with E-state index in [1.165, 1.54) is 24.4 Å². The first-order valence-electron chi connectivity index (χ1n) is 7.38. The lowest BCUT2D eigenvalue weighted by Gasteiger charge is -2.01. The van der Waals surface area contributed by atoms with Crippen LogP contribution >= 0.6 is 0 Å². The molecule has 0 radical (unpaired) electrons. The fraction of sp³-hybridized carbons (Fsp3) is 0.176. The normalized spacial score (nSPS) is 11.7. The van der Waals surface area contributed by atoms with Crippen LogP contribution in [-0.2, 0) is 0 Å². The maximum Gasteiger partial charge on any atom is 0.335 e. The second kappa shape index (κ2) is 6.19. The molecule has 3 rings (SSSR count). The number of aromatic nitrogens is 2. The standard InChI is InChI=1S/C17H15FN4O2/c1-10(2)15-16(22-9-12(18)5-8-14(22)19-15)21-20-13-6-3-11(4-7-13)17(23)24/h3-10H,1-2H3,(H,23,24). The van der Waals surface area contributed by atoms with Gasteiger partial charge in [0.25, 0.3) is 0 Å². The van der Waals surface area contributed by atoms with Gasteiger partial charge in [-0.15, -0.1) is 10.2 Å². The third kappa shape index (κ3) is 3.01. The first kappa shape index (κ1) is 15.8. The van der Waals surface area contributed by atoms with Gasteiger partial charge in [-0.25, -0.2) is 14.2 Å². The fourth-order valence-corrected chi connectivity index (χ4v) is 2.29. The van der Waals surface area contributed by atoms with Gasteiger partial charge in [0, 0.05) is 6.20 Å². The summed E-state index contributed by atoms with van der Waals surface area (Å²) >= 11 is 0. The number of carboxylic acids is 1. The molecule has 3 aromatic rings. The summed E-state index contributed by atoms with van der Waals surface area (Å²) in [4.78, 5) is 15.3. The van der Waals surface area contributed by atoms with Crippen molar-refractivity contribution in [3.63, 3.8) is 0 Å². The molecule has 0 fully saturated rings. The van der Waals surface area contributed by atoms with Gasteiger partial charge in [0.2, 0.25) is 0 Å². The van der Waals surface area contributed by atoms with Crippen LogP contribution in [0.5, 0.6) is 0 Å². The lowest BCUT2D eigenvalue weighted by molar-refractivity contribution is 0.0697. The van der Waals surface area contributed by atoms with Crippen LogP contribution in [-0.4, -0.2) is 20.5 Å². The van der Waals surface area contributed by atoms with Gasteiger partial charge >= 0.3 is 5.97 Å². The molecular formula is C17H15FN4O2. The number of hydrogen-bond donors (Lipinski definition) is 1. The monoisotopic (exact) mass is 326 g/mol. The van der Waals surface area contributed by atoms with Crippen LogP contribution in [0.25, 0.3) is 5.65 Å². The molecule has 0 atom stereocenters. The van der Waals surface area contributed by atoms with E-state index in [1.54, 1.807) is 22.6 Å². The molecule has 0 aliphatic heterocycles. The third-order valence-electron chi connectivity index (χ3n) is 3.50. The van der Waals surface area contributed by atoms with Crippen LogP contribution in [0.15, 0.2) is 52.8 Å². The molecule has 24 heavy (non-hydrogen) atoms. The lowest BCUT2D eigenvalue weighted by Crippen LogP contribution is -1.94. The van der Waals surface area contributed by atoms with Crippen LogP contribution < -0.4 is 0 Å². The summed E-state index contributed by atoms with van der Waals surface area (Å²) in [5.41, 5.74) is 1.98. The molecule has 2 heterocycles. The Hall–Kier alpha value is -3.09. The maximum absolute atomic E-state index is 13.5. The Bertz CT molecular complexity index is 930. The van der Waals surface area contributed by atoms with E-state index in [9.17, 15) is 9.18 Å². The van der Waals surface area contributed by atoms with Crippen molar-refractivity contribution in [1.82, 2.24) is 9.38 Å². The molecule has 0 aliphatic carbocycles. The SMILES string of the molecule is CC(C)c1nc2ccc(F)cn2c1N=Nc1ccc(C(=O)O)cc1. The van der Waals surface area contributed by atoms with Gasteiger partial charge in [0.1, 0.15) is 11.5 Å². The molecule has 122 valence electrons. The van der Waals surface area contributed by atoms with Crippen LogP contribution in [0.4, 0.5) is 15.9 Å². The smallest absolute Gasteiger partial charge is 0.335 e. The van der Waals surface area contributed by atoms with Gasteiger partial charge in [-0.3, -0.25) is 4.40 Å². The van der Waals surface area contributed by atoms with Crippen LogP contribution in [0.3, 0.4) is 0 Å². The molecule has 0 bridgehead atoms. The average molecular weight is 326 g/mol. The first-order valence-corrected chi connectivity index (χ1v) is 7.38. The van der Waals surface area contributed by atoms with Crippen molar-refractivity contribution in [1.29, 1.82) is 0 Å². The largest absolute Gasteiger partial charge is 0.478 e. The highest BCUT2D eigenvalue weighted by Crippen LogP contribution is 2.29. The van der Waals surface area contributed by atoms with Crippen molar-refractivity contribution >= 4 is 23.1 Å². The maximum atomic E-state index is 13.5. The zero-order chi connectivity index (χ0) is 17.3. The van der Waals surface area contributed by atoms with Crippen LogP contribution in [0.2, 0.25) is 0 Å². The van der Waals surface area contributed by atoms with E-state index in [1.807, 2.05) is 13.8 Å². The average Bonchev–Trinajstić information content (AvgIpc) is 2.91. The summed E-state index contributed by atoms with van der Waals surface area (Å²) in [6, 6.07) is 8.96. The highest BCUT2D eigenvalue weighted by atomic mass is 19.1. The molecule has 0 saturated heterocycles. The summed E-state index contributed by atoms with van der Waals surface area (Å²) < 4.78 is 15.1. The number of fused-ring (bicyclic) bond motifs is 1. The van der Waals surface area contributed by atoms with Crippen LogP contribution in [0, 0.1) is 5.82 Å². The number of carbonyl (C=O) groups is 1. The Morgan fingerprint density at radius 3 is 2.50 bits per heavy atom. The number of rotatable bonds is 4. The van der Waals surface area contributed by atoms with E-state index >= 15 is 0 Å². The number of hydrogen-bond acceptors (Lipinski definition) is 4. The molecule has 0 amide bonds. The van der Waals surface area contributed by atoms with Crippen LogP contribution in [0.1, 0.15) is 35.8 Å². The number of azo groups is 1. The number of halogens is 1. The van der Waals surface area contributed by atoms with E-state index in [4.69, 9.17) is 5.11 Å². The Morgan fingerprint density at radius 2 is 1.88 bits per heavy atom. The quantitative estimate of drug-likeness (QED) is 0.705. The van der Waals surface area contributed by atoms with E-state index < -0.39 is 11.8 Å². The number of aromatic carboxylic acids is 1. The van der Waals surface area contributed by atoms with Gasteiger partial charge in [-0.05, 0) is 42.3 Å². The number of pyridine rings is 1. The second-order valence-corrected chi connectivity index (χ2v) is 5.60. The summed E-state index contributed by atoms with van der Waals surface area (Å²) in [6.45, 7) is 3.94. The first-order chi connectivity index (χ1) is 11.5. The van der Waals surface area contributed by atoms with Gasteiger partial charge in [0.05, 0.1) is 16.9 Å². The molecule has 1 N–H and O–H groups in total. The Morgan fingerprint density at radius 1 is 1.17 bits per heavy atom. The number of carboxylic acid groups (broad SMARTS) is 1. The molecule has 2 aromatic heterocycles. The summed E-state index contributed by atoms with van der Waals surface area (Å²) in [6.07, 6.45) is 1.32. The fourth-order valence-electron chi connectivity index (χ4n) is 2.29. The molecule has 0 saturated carbocycles. The lowest BCUT2D eigenvalue weighted by atomic mass is 10.1. The predicted octanol–water partition coefficient (Wildman–Crippen LogP) is 4.71. The summed E-state index contributed by atoms with van der Waals surface area (Å²) in [5, 5.41) is 17.2. The zero-order valence-electron chi connectivity index (χ0n) is 13.1. The topological polar surface area (TPSA) is 79.3 Å². The molecule has 6 nitrogen and oxygen atoms in total. The highest BCUT2D eigenvalue weighted by Gasteiger charge is 2.15. The van der Waals surface area contributed by atoms with Gasteiger partial charge in [-0.2, -0.15) is 0 Å². The number of imidazole rings is 1. The molecule has 0 spiro atoms. The van der Waals surface area contributed by atoms with Crippen molar-refractivity contribution in [3.8, 4) is 0 Å². The van der Waals surface area contributed by atoms with Crippen molar-refractivity contribution < 1.29 is 14.3 Å². The predicted molar refractivity (Wildman–Crippen MR) is 86.8 cm³/mol. The highest BCUT2D eigenvalue weighted by molar-refractivity contribution is 5.87. The summed E-state index contributed by atoms with van der Waals surface area (Å²) in [5.74, 6) is -0.839. The van der Waals surface area contributed by atoms with Crippen molar-refractivity contribution in [3.05, 3.63) is 59.7 Å².